The Balaban J connectivity index is 1.78. The Bertz CT molecular complexity index is 429. The van der Waals surface area contributed by atoms with Gasteiger partial charge in [0.15, 0.2) is 0 Å². The molecule has 0 saturated carbocycles. The molecule has 19 heavy (non-hydrogen) atoms. The molecule has 0 aromatic heterocycles. The Kier molecular flexibility index (Phi) is 4.01. The molecule has 1 aromatic rings. The molecule has 4 heteroatoms. The molecule has 2 aliphatic rings. The molecule has 2 heterocycles. The lowest BCUT2D eigenvalue weighted by atomic mass is 10.1. The van der Waals surface area contributed by atoms with Crippen molar-refractivity contribution in [3.05, 3.63) is 29.3 Å². The van der Waals surface area contributed by atoms with E-state index in [1.807, 2.05) is 12.1 Å². The third-order valence-electron chi connectivity index (χ3n) is 3.97. The summed E-state index contributed by atoms with van der Waals surface area (Å²) in [6.45, 7) is 4.36. The van der Waals surface area contributed by atoms with Crippen LogP contribution in [0.5, 0.6) is 5.75 Å². The molecule has 2 aliphatic heterocycles. The second-order valence-corrected chi connectivity index (χ2v) is 5.29. The first-order valence-electron chi connectivity index (χ1n) is 7.04. The molecule has 0 amide bonds. The van der Waals surface area contributed by atoms with E-state index in [1.54, 1.807) is 0 Å². The van der Waals surface area contributed by atoms with Crippen LogP contribution in [-0.2, 0) is 17.9 Å². The Morgan fingerprint density at radius 1 is 1.32 bits per heavy atom. The fraction of sp³-hybridized carbons (Fsp3) is 0.600. The number of benzene rings is 1. The normalized spacial score (nSPS) is 24.4. The first kappa shape index (κ1) is 12.9. The van der Waals surface area contributed by atoms with Gasteiger partial charge in [-0.3, -0.25) is 4.90 Å². The Morgan fingerprint density at radius 2 is 2.26 bits per heavy atom. The number of aliphatic hydroxyl groups excluding tert-OH is 1. The SMILES string of the molecule is OCc1ccc2c(c1)CN(C1CCCOC1)CCO2. The Labute approximate surface area is 113 Å². The number of aliphatic hydroxyl groups is 1. The van der Waals surface area contributed by atoms with Crippen LogP contribution in [0.2, 0.25) is 0 Å². The maximum absolute atomic E-state index is 9.25. The molecule has 1 fully saturated rings. The number of ether oxygens (including phenoxy) is 2. The zero-order valence-corrected chi connectivity index (χ0v) is 11.2. The van der Waals surface area contributed by atoms with Crippen molar-refractivity contribution in [3.8, 4) is 5.75 Å². The number of rotatable bonds is 2. The second-order valence-electron chi connectivity index (χ2n) is 5.29. The first-order valence-corrected chi connectivity index (χ1v) is 7.04. The molecule has 1 saturated heterocycles. The molecular weight excluding hydrogens is 242 g/mol. The maximum Gasteiger partial charge on any atom is 0.123 e. The van der Waals surface area contributed by atoms with Gasteiger partial charge in [-0.25, -0.2) is 0 Å². The van der Waals surface area contributed by atoms with Crippen molar-refractivity contribution in [2.24, 2.45) is 0 Å². The van der Waals surface area contributed by atoms with Crippen LogP contribution < -0.4 is 4.74 Å². The van der Waals surface area contributed by atoms with Crippen LogP contribution in [0.1, 0.15) is 24.0 Å². The molecule has 1 N–H and O–H groups in total. The molecule has 0 spiro atoms. The molecule has 0 aliphatic carbocycles. The average Bonchev–Trinajstić information content (AvgIpc) is 2.69. The molecule has 1 atom stereocenters. The van der Waals surface area contributed by atoms with E-state index < -0.39 is 0 Å². The van der Waals surface area contributed by atoms with Crippen LogP contribution in [0, 0.1) is 0 Å². The van der Waals surface area contributed by atoms with Gasteiger partial charge in [-0.05, 0) is 30.5 Å². The fourth-order valence-electron chi connectivity index (χ4n) is 2.89. The van der Waals surface area contributed by atoms with Crippen LogP contribution in [0.25, 0.3) is 0 Å². The van der Waals surface area contributed by atoms with E-state index in [-0.39, 0.29) is 6.61 Å². The minimum atomic E-state index is 0.0832. The number of hydrogen-bond donors (Lipinski definition) is 1. The quantitative estimate of drug-likeness (QED) is 0.879. The van der Waals surface area contributed by atoms with Gasteiger partial charge >= 0.3 is 0 Å². The van der Waals surface area contributed by atoms with Crippen molar-refractivity contribution in [2.45, 2.75) is 32.0 Å². The summed E-state index contributed by atoms with van der Waals surface area (Å²) in [7, 11) is 0. The smallest absolute Gasteiger partial charge is 0.123 e. The second kappa shape index (κ2) is 5.90. The fourth-order valence-corrected chi connectivity index (χ4v) is 2.89. The van der Waals surface area contributed by atoms with Gasteiger partial charge in [0.2, 0.25) is 0 Å². The Hall–Kier alpha value is -1.10. The lowest BCUT2D eigenvalue weighted by molar-refractivity contribution is 0.0131. The zero-order chi connectivity index (χ0) is 13.1. The molecule has 4 nitrogen and oxygen atoms in total. The number of fused-ring (bicyclic) bond motifs is 1. The third kappa shape index (κ3) is 2.91. The molecule has 104 valence electrons. The molecule has 3 rings (SSSR count). The summed E-state index contributed by atoms with van der Waals surface area (Å²) < 4.78 is 11.4. The largest absolute Gasteiger partial charge is 0.492 e. The van der Waals surface area contributed by atoms with E-state index in [1.165, 1.54) is 12.0 Å². The van der Waals surface area contributed by atoms with Crippen LogP contribution in [0.4, 0.5) is 0 Å². The van der Waals surface area contributed by atoms with Gasteiger partial charge in [-0.2, -0.15) is 0 Å². The highest BCUT2D eigenvalue weighted by Gasteiger charge is 2.24. The summed E-state index contributed by atoms with van der Waals surface area (Å²) in [6.07, 6.45) is 2.35. The summed E-state index contributed by atoms with van der Waals surface area (Å²) in [5.41, 5.74) is 2.12. The predicted octanol–water partition coefficient (Wildman–Crippen LogP) is 1.55. The van der Waals surface area contributed by atoms with Crippen LogP contribution in [0.15, 0.2) is 18.2 Å². The van der Waals surface area contributed by atoms with Crippen molar-refractivity contribution in [1.29, 1.82) is 0 Å². The summed E-state index contributed by atoms with van der Waals surface area (Å²) in [6, 6.07) is 6.46. The summed E-state index contributed by atoms with van der Waals surface area (Å²) in [4.78, 5) is 2.45. The van der Waals surface area contributed by atoms with Gasteiger partial charge in [-0.1, -0.05) is 6.07 Å². The summed E-state index contributed by atoms with van der Waals surface area (Å²) in [5.74, 6) is 0.955. The molecular formula is C15H21NO3. The minimum Gasteiger partial charge on any atom is -0.492 e. The number of nitrogens with zero attached hydrogens (tertiary/aromatic N) is 1. The predicted molar refractivity (Wildman–Crippen MR) is 72.1 cm³/mol. The monoisotopic (exact) mass is 263 g/mol. The van der Waals surface area contributed by atoms with E-state index in [4.69, 9.17) is 9.47 Å². The van der Waals surface area contributed by atoms with E-state index in [0.717, 1.165) is 50.6 Å². The molecule has 1 unspecified atom stereocenters. The van der Waals surface area contributed by atoms with Crippen molar-refractivity contribution in [2.75, 3.05) is 26.4 Å². The lowest BCUT2D eigenvalue weighted by Crippen LogP contribution is -2.41. The van der Waals surface area contributed by atoms with Crippen LogP contribution >= 0.6 is 0 Å². The van der Waals surface area contributed by atoms with Gasteiger partial charge in [-0.15, -0.1) is 0 Å². The topological polar surface area (TPSA) is 41.9 Å². The summed E-state index contributed by atoms with van der Waals surface area (Å²) in [5, 5.41) is 9.25. The van der Waals surface area contributed by atoms with E-state index >= 15 is 0 Å². The van der Waals surface area contributed by atoms with Gasteiger partial charge in [0, 0.05) is 31.3 Å². The van der Waals surface area contributed by atoms with Gasteiger partial charge in [0.05, 0.1) is 13.2 Å². The molecule has 0 bridgehead atoms. The first-order chi connectivity index (χ1) is 9.36. The maximum atomic E-state index is 9.25. The van der Waals surface area contributed by atoms with E-state index in [9.17, 15) is 5.11 Å². The van der Waals surface area contributed by atoms with Crippen LogP contribution in [-0.4, -0.2) is 42.4 Å². The van der Waals surface area contributed by atoms with E-state index in [2.05, 4.69) is 11.0 Å². The molecule has 0 radical (unpaired) electrons. The van der Waals surface area contributed by atoms with Crippen molar-refractivity contribution >= 4 is 0 Å². The third-order valence-corrected chi connectivity index (χ3v) is 3.97. The highest BCUT2D eigenvalue weighted by Crippen LogP contribution is 2.26. The van der Waals surface area contributed by atoms with Gasteiger partial charge in [0.1, 0.15) is 12.4 Å². The van der Waals surface area contributed by atoms with Crippen molar-refractivity contribution < 1.29 is 14.6 Å². The highest BCUT2D eigenvalue weighted by molar-refractivity contribution is 5.37. The van der Waals surface area contributed by atoms with Crippen molar-refractivity contribution in [1.82, 2.24) is 4.90 Å². The minimum absolute atomic E-state index is 0.0832. The van der Waals surface area contributed by atoms with Gasteiger partial charge < -0.3 is 14.6 Å². The lowest BCUT2D eigenvalue weighted by Gasteiger charge is -2.32. The average molecular weight is 263 g/mol. The summed E-state index contributed by atoms with van der Waals surface area (Å²) >= 11 is 0. The standard InChI is InChI=1S/C15H21NO3/c17-10-12-3-4-15-13(8-12)9-16(5-7-19-15)14-2-1-6-18-11-14/h3-4,8,14,17H,1-2,5-7,9-11H2. The van der Waals surface area contributed by atoms with Crippen LogP contribution in [0.3, 0.4) is 0 Å². The van der Waals surface area contributed by atoms with Gasteiger partial charge in [0.25, 0.3) is 0 Å². The highest BCUT2D eigenvalue weighted by atomic mass is 16.5. The molecule has 1 aromatic carbocycles. The zero-order valence-electron chi connectivity index (χ0n) is 11.2. The number of hydrogen-bond acceptors (Lipinski definition) is 4. The van der Waals surface area contributed by atoms with E-state index in [0.29, 0.717) is 6.04 Å². The Morgan fingerprint density at radius 3 is 3.05 bits per heavy atom. The van der Waals surface area contributed by atoms with Crippen molar-refractivity contribution in [3.63, 3.8) is 0 Å².